The van der Waals surface area contributed by atoms with Crippen molar-refractivity contribution in [2.75, 3.05) is 33.4 Å². The predicted molar refractivity (Wildman–Crippen MR) is 107 cm³/mol. The smallest absolute Gasteiger partial charge is 0.407 e. The number of nitrogens with zero attached hydrogens (tertiary/aromatic N) is 1. The molecule has 1 aromatic carbocycles. The Labute approximate surface area is 167 Å². The molecule has 28 heavy (non-hydrogen) atoms. The van der Waals surface area contributed by atoms with Crippen LogP contribution in [0.3, 0.4) is 0 Å². The predicted octanol–water partition coefficient (Wildman–Crippen LogP) is 3.23. The molecule has 1 aliphatic rings. The van der Waals surface area contributed by atoms with Crippen LogP contribution in [0.25, 0.3) is 0 Å². The van der Waals surface area contributed by atoms with E-state index in [0.29, 0.717) is 24.5 Å². The van der Waals surface area contributed by atoms with Gasteiger partial charge in [0.15, 0.2) is 0 Å². The molecule has 156 valence electrons. The fourth-order valence-corrected chi connectivity index (χ4v) is 3.19. The molecule has 7 nitrogen and oxygen atoms in total. The third-order valence-corrected chi connectivity index (χ3v) is 4.55. The van der Waals surface area contributed by atoms with Crippen molar-refractivity contribution in [1.29, 1.82) is 0 Å². The monoisotopic (exact) mass is 392 g/mol. The molecular formula is C21H32N2O5. The molecule has 1 N–H and O–H groups in total. The highest BCUT2D eigenvalue weighted by Crippen LogP contribution is 2.17. The summed E-state index contributed by atoms with van der Waals surface area (Å²) < 4.78 is 15.8. The highest BCUT2D eigenvalue weighted by molar-refractivity contribution is 5.89. The van der Waals surface area contributed by atoms with Crippen molar-refractivity contribution in [2.24, 2.45) is 0 Å². The number of benzene rings is 1. The topological polar surface area (TPSA) is 77.1 Å². The first-order valence-electron chi connectivity index (χ1n) is 9.80. The maximum atomic E-state index is 11.9. The van der Waals surface area contributed by atoms with Crippen molar-refractivity contribution in [3.63, 3.8) is 0 Å². The summed E-state index contributed by atoms with van der Waals surface area (Å²) in [6.45, 7) is 8.45. The van der Waals surface area contributed by atoms with Gasteiger partial charge in [-0.25, -0.2) is 9.59 Å². The van der Waals surface area contributed by atoms with Crippen LogP contribution in [0.1, 0.15) is 50.4 Å². The summed E-state index contributed by atoms with van der Waals surface area (Å²) in [6.07, 6.45) is 2.98. The van der Waals surface area contributed by atoms with Crippen LogP contribution in [0.2, 0.25) is 0 Å². The van der Waals surface area contributed by atoms with Crippen molar-refractivity contribution >= 4 is 12.1 Å². The van der Waals surface area contributed by atoms with Crippen molar-refractivity contribution in [2.45, 2.75) is 51.7 Å². The molecule has 2 rings (SSSR count). The largest absolute Gasteiger partial charge is 0.492 e. The molecule has 1 heterocycles. The van der Waals surface area contributed by atoms with Crippen molar-refractivity contribution in [3.8, 4) is 5.75 Å². The van der Waals surface area contributed by atoms with E-state index in [1.165, 1.54) is 7.11 Å². The number of hydrogen-bond donors (Lipinski definition) is 1. The molecule has 1 amide bonds. The van der Waals surface area contributed by atoms with Gasteiger partial charge in [-0.3, -0.25) is 4.90 Å². The molecule has 1 aromatic rings. The molecular weight excluding hydrogens is 360 g/mol. The highest BCUT2D eigenvalue weighted by Gasteiger charge is 2.24. The first-order valence-corrected chi connectivity index (χ1v) is 9.80. The van der Waals surface area contributed by atoms with Crippen LogP contribution >= 0.6 is 0 Å². The van der Waals surface area contributed by atoms with Gasteiger partial charge in [0, 0.05) is 19.1 Å². The van der Waals surface area contributed by atoms with Gasteiger partial charge < -0.3 is 19.5 Å². The summed E-state index contributed by atoms with van der Waals surface area (Å²) in [7, 11) is 1.36. The number of carbonyl (C=O) groups is 2. The van der Waals surface area contributed by atoms with Crippen LogP contribution in [0, 0.1) is 0 Å². The molecule has 1 atom stereocenters. The second-order valence-electron chi connectivity index (χ2n) is 7.93. The van der Waals surface area contributed by atoms with E-state index < -0.39 is 5.60 Å². The minimum absolute atomic E-state index is 0.284. The quantitative estimate of drug-likeness (QED) is 0.718. The van der Waals surface area contributed by atoms with Crippen molar-refractivity contribution in [1.82, 2.24) is 10.2 Å². The molecule has 0 saturated carbocycles. The van der Waals surface area contributed by atoms with Crippen LogP contribution in [0.4, 0.5) is 4.79 Å². The Morgan fingerprint density at radius 3 is 2.54 bits per heavy atom. The summed E-state index contributed by atoms with van der Waals surface area (Å²) in [4.78, 5) is 25.7. The number of likely N-dealkylation sites (tertiary alicyclic amines) is 1. The average molecular weight is 392 g/mol. The van der Waals surface area contributed by atoms with Gasteiger partial charge >= 0.3 is 12.1 Å². The number of carbonyl (C=O) groups excluding carboxylic acids is 2. The fraction of sp³-hybridized carbons (Fsp3) is 0.619. The van der Waals surface area contributed by atoms with Gasteiger partial charge in [0.05, 0.1) is 12.7 Å². The number of methoxy groups -OCH3 is 1. The summed E-state index contributed by atoms with van der Waals surface area (Å²) in [5.41, 5.74) is 0.00675. The lowest BCUT2D eigenvalue weighted by atomic mass is 10.0. The Bertz CT molecular complexity index is 639. The van der Waals surface area contributed by atoms with Gasteiger partial charge in [-0.15, -0.1) is 0 Å². The number of alkyl carbamates (subject to hydrolysis) is 1. The Morgan fingerprint density at radius 1 is 1.18 bits per heavy atom. The van der Waals surface area contributed by atoms with Crippen LogP contribution in [-0.4, -0.2) is 62.0 Å². The van der Waals surface area contributed by atoms with E-state index in [2.05, 4.69) is 15.0 Å². The van der Waals surface area contributed by atoms with E-state index >= 15 is 0 Å². The molecule has 0 bridgehead atoms. The minimum Gasteiger partial charge on any atom is -0.492 e. The standard InChI is InChI=1S/C21H32N2O5/c1-21(2,3)28-20(25)22-15-17-7-5-6-12-23(17)13-14-27-18-10-8-16(9-11-18)19(24)26-4/h8-11,17H,5-7,12-15H2,1-4H3,(H,22,25). The lowest BCUT2D eigenvalue weighted by molar-refractivity contribution is 0.0489. The first-order chi connectivity index (χ1) is 13.3. The molecule has 0 spiro atoms. The van der Waals surface area contributed by atoms with Crippen molar-refractivity contribution < 1.29 is 23.8 Å². The summed E-state index contributed by atoms with van der Waals surface area (Å²) in [5.74, 6) is 0.355. The Balaban J connectivity index is 1.77. The van der Waals surface area contributed by atoms with E-state index in [0.717, 1.165) is 32.4 Å². The Kier molecular flexibility index (Phi) is 8.11. The maximum Gasteiger partial charge on any atom is 0.407 e. The Hall–Kier alpha value is -2.28. The van der Waals surface area contributed by atoms with Gasteiger partial charge in [-0.1, -0.05) is 6.42 Å². The molecule has 0 aromatic heterocycles. The lowest BCUT2D eigenvalue weighted by Crippen LogP contribution is -2.48. The summed E-state index contributed by atoms with van der Waals surface area (Å²) >= 11 is 0. The zero-order valence-electron chi connectivity index (χ0n) is 17.3. The van der Waals surface area contributed by atoms with Gasteiger partial charge in [0.25, 0.3) is 0 Å². The number of nitrogens with one attached hydrogen (secondary N) is 1. The zero-order valence-corrected chi connectivity index (χ0v) is 17.3. The van der Waals surface area contributed by atoms with Crippen LogP contribution in [-0.2, 0) is 9.47 Å². The highest BCUT2D eigenvalue weighted by atomic mass is 16.6. The van der Waals surface area contributed by atoms with Crippen LogP contribution in [0.15, 0.2) is 24.3 Å². The van der Waals surface area contributed by atoms with E-state index in [4.69, 9.17) is 9.47 Å². The van der Waals surface area contributed by atoms with E-state index in [9.17, 15) is 9.59 Å². The first kappa shape index (κ1) is 22.0. The Morgan fingerprint density at radius 2 is 1.89 bits per heavy atom. The number of piperidine rings is 1. The normalized spacial score (nSPS) is 17.6. The summed E-state index contributed by atoms with van der Waals surface area (Å²) in [6, 6.07) is 7.20. The molecule has 1 saturated heterocycles. The van der Waals surface area contributed by atoms with E-state index in [1.54, 1.807) is 24.3 Å². The minimum atomic E-state index is -0.492. The third kappa shape index (κ3) is 7.38. The lowest BCUT2D eigenvalue weighted by Gasteiger charge is -2.35. The molecule has 0 aliphatic carbocycles. The van der Waals surface area contributed by atoms with Crippen LogP contribution < -0.4 is 10.1 Å². The van der Waals surface area contributed by atoms with E-state index in [1.807, 2.05) is 20.8 Å². The third-order valence-electron chi connectivity index (χ3n) is 4.55. The summed E-state index contributed by atoms with van der Waals surface area (Å²) in [5, 5.41) is 2.88. The number of amides is 1. The second kappa shape index (κ2) is 10.3. The van der Waals surface area contributed by atoms with Gasteiger partial charge in [0.2, 0.25) is 0 Å². The molecule has 1 aliphatic heterocycles. The number of esters is 1. The fourth-order valence-electron chi connectivity index (χ4n) is 3.19. The zero-order chi connectivity index (χ0) is 20.6. The molecule has 7 heteroatoms. The average Bonchev–Trinajstić information content (AvgIpc) is 2.66. The molecule has 1 fully saturated rings. The number of ether oxygens (including phenoxy) is 3. The molecule has 1 unspecified atom stereocenters. The number of rotatable bonds is 7. The van der Waals surface area contributed by atoms with Gasteiger partial charge in [-0.05, 0) is 64.4 Å². The van der Waals surface area contributed by atoms with Crippen molar-refractivity contribution in [3.05, 3.63) is 29.8 Å². The molecule has 0 radical (unpaired) electrons. The second-order valence-corrected chi connectivity index (χ2v) is 7.93. The van der Waals surface area contributed by atoms with Crippen LogP contribution in [0.5, 0.6) is 5.75 Å². The van der Waals surface area contributed by atoms with Gasteiger partial charge in [-0.2, -0.15) is 0 Å². The SMILES string of the molecule is COC(=O)c1ccc(OCCN2CCCCC2CNC(=O)OC(C)(C)C)cc1. The number of hydrogen-bond acceptors (Lipinski definition) is 6. The maximum absolute atomic E-state index is 11.9. The van der Waals surface area contributed by atoms with Gasteiger partial charge in [0.1, 0.15) is 18.0 Å². The van der Waals surface area contributed by atoms with E-state index in [-0.39, 0.29) is 18.1 Å².